The highest BCUT2D eigenvalue weighted by Gasteiger charge is 2.27. The summed E-state index contributed by atoms with van der Waals surface area (Å²) in [5, 5.41) is 2.58. The minimum Gasteiger partial charge on any atom is -0.310 e. The van der Waals surface area contributed by atoms with Crippen LogP contribution >= 0.6 is 0 Å². The predicted molar refractivity (Wildman–Crippen MR) is 255 cm³/mol. The zero-order chi connectivity index (χ0) is 40.0. The van der Waals surface area contributed by atoms with Crippen LogP contribution in [0.3, 0.4) is 0 Å². The van der Waals surface area contributed by atoms with Gasteiger partial charge < -0.3 is 9.13 Å². The average Bonchev–Trinajstić information content (AvgIpc) is 3.81. The van der Waals surface area contributed by atoms with E-state index < -0.39 is 0 Å². The maximum atomic E-state index is 7.23. The maximum absolute atomic E-state index is 7.23. The van der Waals surface area contributed by atoms with Gasteiger partial charge in [0.15, 0.2) is 0 Å². The minimum absolute atomic E-state index is 0.325. The zero-order valence-electron chi connectivity index (χ0n) is 31.4. The standard InChI is InChI=1S/C48H24B8N2/c49-33-23-35(51)45-39(41(33)53)37-38-40-42(54)34(50)24-36(52)46(40)58(32-20-16-28(17-21-32)30-13-7-12-29(22-30)26-10-5-2-6-11-26)48(38)44(56)43(55)47(37)57(45)31-18-14-27(15-19-31)25-8-3-1-4-9-25/h1-24H. The lowest BCUT2D eigenvalue weighted by molar-refractivity contribution is 1.18. The van der Waals surface area contributed by atoms with Gasteiger partial charge in [-0.3, -0.25) is 0 Å². The number of aromatic nitrogens is 2. The fourth-order valence-electron chi connectivity index (χ4n) is 8.65. The summed E-state index contributed by atoms with van der Waals surface area (Å²) in [5.74, 6) is 0. The van der Waals surface area contributed by atoms with Gasteiger partial charge in [-0.1, -0.05) is 148 Å². The van der Waals surface area contributed by atoms with Gasteiger partial charge in [0.25, 0.3) is 0 Å². The molecule has 58 heavy (non-hydrogen) atoms. The van der Waals surface area contributed by atoms with Gasteiger partial charge in [-0.15, -0.1) is 10.9 Å². The topological polar surface area (TPSA) is 9.86 Å². The van der Waals surface area contributed by atoms with Crippen LogP contribution in [0.2, 0.25) is 0 Å². The molecule has 0 aliphatic carbocycles. The van der Waals surface area contributed by atoms with Crippen molar-refractivity contribution in [1.29, 1.82) is 0 Å². The van der Waals surface area contributed by atoms with E-state index in [1.54, 1.807) is 12.1 Å². The Bertz CT molecular complexity index is 3280. The smallest absolute Gasteiger partial charge is 0.116 e. The number of hydrogen-bond acceptors (Lipinski definition) is 0. The summed E-state index contributed by atoms with van der Waals surface area (Å²) < 4.78 is 4.01. The third-order valence-electron chi connectivity index (χ3n) is 11.4. The van der Waals surface area contributed by atoms with Crippen molar-refractivity contribution in [3.05, 3.63) is 146 Å². The van der Waals surface area contributed by atoms with E-state index in [-0.39, 0.29) is 0 Å². The van der Waals surface area contributed by atoms with Crippen molar-refractivity contribution in [3.8, 4) is 44.8 Å². The number of fused-ring (bicyclic) bond motifs is 7. The fraction of sp³-hybridized carbons (Fsp3) is 0. The molecule has 2 nitrogen and oxygen atoms in total. The van der Waals surface area contributed by atoms with Gasteiger partial charge in [0.05, 0.1) is 0 Å². The Morgan fingerprint density at radius 1 is 0.259 bits per heavy atom. The van der Waals surface area contributed by atoms with Crippen molar-refractivity contribution >= 4 is 150 Å². The quantitative estimate of drug-likeness (QED) is 0.243. The summed E-state index contributed by atoms with van der Waals surface area (Å²) in [6.07, 6.45) is 0. The molecule has 0 fully saturated rings. The molecule has 0 aliphatic rings. The molecule has 10 heteroatoms. The van der Waals surface area contributed by atoms with Gasteiger partial charge in [-0.05, 0) is 63.7 Å². The van der Waals surface area contributed by atoms with Crippen LogP contribution in [0.15, 0.2) is 146 Å². The molecule has 2 heterocycles. The second-order valence-corrected chi connectivity index (χ2v) is 14.7. The SMILES string of the molecule is [B]c1cc([B])c2c(c1[B])c1c3c4c([B])c([B])cc([B])c4n(-c4ccc(-c5cccc(-c6ccccc6)c5)cc4)c3c([B])c([B])c1n2-c1ccc(-c2ccccc2)cc1. The molecule has 0 bridgehead atoms. The Balaban J connectivity index is 1.28. The van der Waals surface area contributed by atoms with Gasteiger partial charge >= 0.3 is 0 Å². The molecule has 0 unspecified atom stereocenters. The first-order valence-electron chi connectivity index (χ1n) is 18.8. The molecule has 2 aromatic heterocycles. The number of hydrogen-bond donors (Lipinski definition) is 0. The summed E-state index contributed by atoms with van der Waals surface area (Å²) in [7, 11) is 55.3. The van der Waals surface area contributed by atoms with Crippen molar-refractivity contribution in [1.82, 2.24) is 9.13 Å². The molecule has 8 aromatic carbocycles. The summed E-state index contributed by atoms with van der Waals surface area (Å²) in [6.45, 7) is 0. The predicted octanol–water partition coefficient (Wildman–Crippen LogP) is 3.23. The van der Waals surface area contributed by atoms with E-state index in [0.717, 1.165) is 44.8 Å². The molecule has 16 radical (unpaired) electrons. The first-order valence-corrected chi connectivity index (χ1v) is 18.8. The molecule has 0 spiro atoms. The highest BCUT2D eigenvalue weighted by Crippen LogP contribution is 2.39. The monoisotopic (exact) mass is 716 g/mol. The van der Waals surface area contributed by atoms with E-state index in [1.807, 2.05) is 69.8 Å². The van der Waals surface area contributed by atoms with Crippen molar-refractivity contribution < 1.29 is 0 Å². The van der Waals surface area contributed by atoms with E-state index in [4.69, 9.17) is 62.8 Å². The normalized spacial score (nSPS) is 11.7. The Labute approximate surface area is 347 Å². The van der Waals surface area contributed by atoms with Crippen LogP contribution in [0.4, 0.5) is 0 Å². The summed E-state index contributed by atoms with van der Waals surface area (Å²) >= 11 is 0. The van der Waals surface area contributed by atoms with Crippen molar-refractivity contribution in [2.45, 2.75) is 0 Å². The molecule has 0 N–H and O–H groups in total. The van der Waals surface area contributed by atoms with E-state index in [1.165, 1.54) is 0 Å². The van der Waals surface area contributed by atoms with Gasteiger partial charge in [0, 0.05) is 55.0 Å². The number of rotatable bonds is 5. The summed E-state index contributed by atoms with van der Waals surface area (Å²) in [5.41, 5.74) is 13.4. The Morgan fingerprint density at radius 3 is 1.02 bits per heavy atom. The summed E-state index contributed by atoms with van der Waals surface area (Å²) in [6, 6.07) is 48.7. The van der Waals surface area contributed by atoms with Crippen LogP contribution in [0.25, 0.3) is 88.4 Å². The van der Waals surface area contributed by atoms with Crippen LogP contribution in [-0.4, -0.2) is 71.9 Å². The number of nitrogens with zero attached hydrogens (tertiary/aromatic N) is 2. The van der Waals surface area contributed by atoms with Crippen LogP contribution in [0.1, 0.15) is 0 Å². The third kappa shape index (κ3) is 5.45. The van der Waals surface area contributed by atoms with Crippen LogP contribution in [0, 0.1) is 0 Å². The molecule has 250 valence electrons. The molecule has 0 saturated heterocycles. The molecule has 0 atom stereocenters. The van der Waals surface area contributed by atoms with Crippen LogP contribution in [-0.2, 0) is 0 Å². The van der Waals surface area contributed by atoms with E-state index in [9.17, 15) is 0 Å². The van der Waals surface area contributed by atoms with Crippen molar-refractivity contribution in [2.24, 2.45) is 0 Å². The molecule has 0 amide bonds. The molecule has 0 aliphatic heterocycles. The Morgan fingerprint density at radius 2 is 0.603 bits per heavy atom. The first-order chi connectivity index (χ1) is 28.1. The molecule has 10 rings (SSSR count). The maximum Gasteiger partial charge on any atom is 0.116 e. The third-order valence-corrected chi connectivity index (χ3v) is 11.4. The first kappa shape index (κ1) is 36.2. The second-order valence-electron chi connectivity index (χ2n) is 14.7. The second kappa shape index (κ2) is 13.8. The highest BCUT2D eigenvalue weighted by molar-refractivity contribution is 6.65. The van der Waals surface area contributed by atoms with Gasteiger partial charge in [0.2, 0.25) is 0 Å². The van der Waals surface area contributed by atoms with Crippen molar-refractivity contribution in [2.75, 3.05) is 0 Å². The Hall–Kier alpha value is -6.12. The van der Waals surface area contributed by atoms with Gasteiger partial charge in [-0.2, -0.15) is 0 Å². The fourth-order valence-corrected chi connectivity index (χ4v) is 8.65. The zero-order valence-corrected chi connectivity index (χ0v) is 31.4. The lowest BCUT2D eigenvalue weighted by atomic mass is 9.72. The molecule has 10 aromatic rings. The molecular formula is C48H24B8N2. The average molecular weight is 715 g/mol. The van der Waals surface area contributed by atoms with Crippen molar-refractivity contribution in [3.63, 3.8) is 0 Å². The lowest BCUT2D eigenvalue weighted by Crippen LogP contribution is -2.31. The Kier molecular flexibility index (Phi) is 8.60. The van der Waals surface area contributed by atoms with Gasteiger partial charge in [-0.25, -0.2) is 0 Å². The highest BCUT2D eigenvalue weighted by atomic mass is 15.0. The van der Waals surface area contributed by atoms with Crippen LogP contribution < -0.4 is 43.7 Å². The van der Waals surface area contributed by atoms with Crippen LogP contribution in [0.5, 0.6) is 0 Å². The molecular weight excluding hydrogens is 691 g/mol. The van der Waals surface area contributed by atoms with Gasteiger partial charge in [0.1, 0.15) is 62.8 Å². The molecule has 0 saturated carbocycles. The van der Waals surface area contributed by atoms with E-state index in [0.29, 0.717) is 87.3 Å². The largest absolute Gasteiger partial charge is 0.310 e. The van der Waals surface area contributed by atoms with E-state index >= 15 is 0 Å². The van der Waals surface area contributed by atoms with E-state index in [2.05, 4.69) is 72.8 Å². The summed E-state index contributed by atoms with van der Waals surface area (Å²) in [4.78, 5) is 0. The number of benzene rings is 8. The lowest BCUT2D eigenvalue weighted by Gasteiger charge is -2.17. The minimum atomic E-state index is 0.325.